The van der Waals surface area contributed by atoms with E-state index in [1.807, 2.05) is 32.0 Å². The molecule has 0 atom stereocenters. The molecule has 3 aromatic carbocycles. The number of anilines is 1. The highest BCUT2D eigenvalue weighted by molar-refractivity contribution is 6.36. The minimum atomic E-state index is -0.536. The largest absolute Gasteiger partial charge is 0.350 e. The third-order valence-corrected chi connectivity index (χ3v) is 5.44. The number of halogens is 1. The number of nitrogens with one attached hydrogen (secondary N) is 1. The molecule has 0 bridgehead atoms. The molecule has 166 valence electrons. The second kappa shape index (κ2) is 8.66. The van der Waals surface area contributed by atoms with Gasteiger partial charge in [-0.1, -0.05) is 24.3 Å². The molecule has 1 aliphatic heterocycles. The van der Waals surface area contributed by atoms with Gasteiger partial charge in [-0.3, -0.25) is 24.6 Å². The molecule has 0 fully saturated rings. The minimum absolute atomic E-state index is 0.0353. The number of amides is 2. The number of carbonyl (C=O) groups is 2. The van der Waals surface area contributed by atoms with Crippen LogP contribution in [0.3, 0.4) is 0 Å². The quantitative estimate of drug-likeness (QED) is 0.336. The van der Waals surface area contributed by atoms with E-state index in [1.165, 1.54) is 48.5 Å². The van der Waals surface area contributed by atoms with Crippen LogP contribution >= 0.6 is 0 Å². The van der Waals surface area contributed by atoms with E-state index in [1.54, 1.807) is 0 Å². The number of non-ortho nitro benzene ring substituents is 1. The molecule has 1 heterocycles. The Morgan fingerprint density at radius 2 is 1.61 bits per heavy atom. The molecule has 0 aliphatic carbocycles. The lowest BCUT2D eigenvalue weighted by molar-refractivity contribution is -0.384. The Hall–Kier alpha value is -4.33. The minimum Gasteiger partial charge on any atom is -0.350 e. The Bertz CT molecular complexity index is 1300. The number of imide groups is 1. The summed E-state index contributed by atoms with van der Waals surface area (Å²) >= 11 is 0. The maximum absolute atomic E-state index is 13.4. The molecule has 4 rings (SSSR count). The Balaban J connectivity index is 1.77. The number of aryl methyl sites for hydroxylation is 2. The zero-order valence-corrected chi connectivity index (χ0v) is 18.0. The van der Waals surface area contributed by atoms with Gasteiger partial charge in [0.05, 0.1) is 17.0 Å². The van der Waals surface area contributed by atoms with Crippen LogP contribution in [0.1, 0.15) is 22.3 Å². The molecule has 8 heteroatoms. The van der Waals surface area contributed by atoms with E-state index in [-0.39, 0.29) is 23.5 Å². The zero-order chi connectivity index (χ0) is 23.7. The lowest BCUT2D eigenvalue weighted by atomic mass is 10.0. The van der Waals surface area contributed by atoms with Gasteiger partial charge in [0.25, 0.3) is 17.5 Å². The number of nitro benzene ring substituents is 1. The summed E-state index contributed by atoms with van der Waals surface area (Å²) in [4.78, 5) is 38.3. The fourth-order valence-corrected chi connectivity index (χ4v) is 3.63. The van der Waals surface area contributed by atoms with E-state index in [4.69, 9.17) is 0 Å². The number of hydrogen-bond acceptors (Lipinski definition) is 5. The van der Waals surface area contributed by atoms with Crippen LogP contribution in [0.25, 0.3) is 5.57 Å². The normalized spacial score (nSPS) is 13.6. The van der Waals surface area contributed by atoms with Crippen LogP contribution in [0.5, 0.6) is 0 Å². The first-order valence-corrected chi connectivity index (χ1v) is 10.2. The molecule has 7 nitrogen and oxygen atoms in total. The molecule has 0 saturated heterocycles. The number of hydrogen-bond donors (Lipinski definition) is 1. The Morgan fingerprint density at radius 3 is 2.24 bits per heavy atom. The van der Waals surface area contributed by atoms with E-state index in [0.717, 1.165) is 16.0 Å². The predicted molar refractivity (Wildman–Crippen MR) is 122 cm³/mol. The summed E-state index contributed by atoms with van der Waals surface area (Å²) in [5, 5.41) is 14.1. The van der Waals surface area contributed by atoms with Crippen molar-refractivity contribution in [3.05, 3.63) is 111 Å². The van der Waals surface area contributed by atoms with Gasteiger partial charge in [-0.15, -0.1) is 0 Å². The number of carbonyl (C=O) groups excluding carboxylic acids is 2. The SMILES string of the molecule is Cc1ccc(C)c(NC2=C(c3ccc([N+](=O)[O-])cc3)C(=O)N(Cc3ccc(F)cc3)C2=O)c1. The first-order valence-electron chi connectivity index (χ1n) is 10.2. The van der Waals surface area contributed by atoms with E-state index in [0.29, 0.717) is 16.8 Å². The van der Waals surface area contributed by atoms with Crippen molar-refractivity contribution in [2.45, 2.75) is 20.4 Å². The van der Waals surface area contributed by atoms with Crippen LogP contribution in [0.4, 0.5) is 15.8 Å². The van der Waals surface area contributed by atoms with E-state index >= 15 is 0 Å². The van der Waals surface area contributed by atoms with E-state index < -0.39 is 22.6 Å². The third-order valence-electron chi connectivity index (χ3n) is 5.44. The Morgan fingerprint density at radius 1 is 0.939 bits per heavy atom. The molecule has 0 spiro atoms. The highest BCUT2D eigenvalue weighted by Crippen LogP contribution is 2.33. The molecule has 3 aromatic rings. The summed E-state index contributed by atoms with van der Waals surface area (Å²) in [6.07, 6.45) is 0. The molecule has 33 heavy (non-hydrogen) atoms. The maximum Gasteiger partial charge on any atom is 0.278 e. The summed E-state index contributed by atoms with van der Waals surface area (Å²) in [5.41, 5.74) is 3.59. The van der Waals surface area contributed by atoms with Gasteiger partial charge in [0.2, 0.25) is 0 Å². The summed E-state index contributed by atoms with van der Waals surface area (Å²) in [6, 6.07) is 16.7. The van der Waals surface area contributed by atoms with Crippen molar-refractivity contribution in [3.63, 3.8) is 0 Å². The van der Waals surface area contributed by atoms with Gasteiger partial charge in [0, 0.05) is 17.8 Å². The lowest BCUT2D eigenvalue weighted by Crippen LogP contribution is -2.32. The summed E-state index contributed by atoms with van der Waals surface area (Å²) < 4.78 is 13.3. The number of nitro groups is 1. The van der Waals surface area contributed by atoms with Crippen molar-refractivity contribution in [1.29, 1.82) is 0 Å². The standard InChI is InChI=1S/C25H20FN3O4/c1-15-3-4-16(2)21(13-15)27-23-22(18-7-11-20(12-8-18)29(32)33)24(30)28(25(23)31)14-17-5-9-19(26)10-6-17/h3-13,27H,14H2,1-2H3. The average molecular weight is 445 g/mol. The van der Waals surface area contributed by atoms with Crippen molar-refractivity contribution in [3.8, 4) is 0 Å². The summed E-state index contributed by atoms with van der Waals surface area (Å²) in [7, 11) is 0. The molecule has 0 radical (unpaired) electrons. The first kappa shape index (κ1) is 21.9. The molecular formula is C25H20FN3O4. The van der Waals surface area contributed by atoms with Crippen molar-refractivity contribution < 1.29 is 18.9 Å². The van der Waals surface area contributed by atoms with Crippen LogP contribution in [0.15, 0.2) is 72.4 Å². The lowest BCUT2D eigenvalue weighted by Gasteiger charge is -2.16. The molecule has 1 N–H and O–H groups in total. The number of rotatable bonds is 6. The van der Waals surface area contributed by atoms with Gasteiger partial charge >= 0.3 is 0 Å². The monoisotopic (exact) mass is 445 g/mol. The molecule has 2 amide bonds. The van der Waals surface area contributed by atoms with Gasteiger partial charge in [-0.05, 0) is 66.4 Å². The smallest absolute Gasteiger partial charge is 0.278 e. The molecular weight excluding hydrogens is 425 g/mol. The van der Waals surface area contributed by atoms with Crippen LogP contribution in [0.2, 0.25) is 0 Å². The average Bonchev–Trinajstić information content (AvgIpc) is 3.02. The fraction of sp³-hybridized carbons (Fsp3) is 0.120. The van der Waals surface area contributed by atoms with E-state index in [9.17, 15) is 24.1 Å². The Labute approximate surface area is 189 Å². The van der Waals surface area contributed by atoms with Gasteiger partial charge in [0.15, 0.2) is 0 Å². The van der Waals surface area contributed by atoms with Crippen LogP contribution in [-0.4, -0.2) is 21.6 Å². The van der Waals surface area contributed by atoms with Gasteiger partial charge in [-0.2, -0.15) is 0 Å². The van der Waals surface area contributed by atoms with Gasteiger partial charge < -0.3 is 5.32 Å². The topological polar surface area (TPSA) is 92.6 Å². The van der Waals surface area contributed by atoms with Gasteiger partial charge in [-0.25, -0.2) is 4.39 Å². The van der Waals surface area contributed by atoms with Crippen LogP contribution < -0.4 is 5.32 Å². The van der Waals surface area contributed by atoms with Gasteiger partial charge in [0.1, 0.15) is 11.5 Å². The van der Waals surface area contributed by atoms with Crippen molar-refractivity contribution in [1.82, 2.24) is 4.90 Å². The zero-order valence-electron chi connectivity index (χ0n) is 18.0. The van der Waals surface area contributed by atoms with Crippen molar-refractivity contribution >= 4 is 28.8 Å². The molecule has 0 unspecified atom stereocenters. The maximum atomic E-state index is 13.4. The molecule has 0 aromatic heterocycles. The number of nitrogens with zero attached hydrogens (tertiary/aromatic N) is 2. The highest BCUT2D eigenvalue weighted by Gasteiger charge is 2.39. The highest BCUT2D eigenvalue weighted by atomic mass is 19.1. The van der Waals surface area contributed by atoms with Crippen LogP contribution in [-0.2, 0) is 16.1 Å². The van der Waals surface area contributed by atoms with Crippen molar-refractivity contribution in [2.75, 3.05) is 5.32 Å². The first-order chi connectivity index (χ1) is 15.7. The number of benzene rings is 3. The summed E-state index contributed by atoms with van der Waals surface area (Å²) in [5.74, 6) is -1.48. The molecule has 1 aliphatic rings. The second-order valence-corrected chi connectivity index (χ2v) is 7.82. The summed E-state index contributed by atoms with van der Waals surface area (Å²) in [6.45, 7) is 3.76. The Kier molecular flexibility index (Phi) is 5.74. The molecule has 0 saturated carbocycles. The third kappa shape index (κ3) is 4.36. The predicted octanol–water partition coefficient (Wildman–Crippen LogP) is 4.74. The fourth-order valence-electron chi connectivity index (χ4n) is 3.63. The van der Waals surface area contributed by atoms with E-state index in [2.05, 4.69) is 5.32 Å². The van der Waals surface area contributed by atoms with Crippen LogP contribution in [0, 0.1) is 29.8 Å². The van der Waals surface area contributed by atoms with Crippen molar-refractivity contribution in [2.24, 2.45) is 0 Å². The second-order valence-electron chi connectivity index (χ2n) is 7.82.